The molecule has 0 saturated heterocycles. The first-order chi connectivity index (χ1) is 7.06. The van der Waals surface area contributed by atoms with Crippen LogP contribution in [0.2, 0.25) is 0 Å². The molecule has 76 valence electrons. The maximum Gasteiger partial charge on any atom is 0.270 e. The Morgan fingerprint density at radius 3 is 2.80 bits per heavy atom. The van der Waals surface area contributed by atoms with Gasteiger partial charge in [-0.1, -0.05) is 12.1 Å². The summed E-state index contributed by atoms with van der Waals surface area (Å²) < 4.78 is 0. The Morgan fingerprint density at radius 2 is 2.27 bits per heavy atom. The number of nitro benzene ring substituents is 1. The van der Waals surface area contributed by atoms with Crippen LogP contribution in [0.15, 0.2) is 24.3 Å². The minimum absolute atomic E-state index is 0.147. The SMILES string of the molecule is CC(C#N)C(=O)c1cccc([N+](=O)[O-])c1. The lowest BCUT2D eigenvalue weighted by Crippen LogP contribution is -2.09. The third-order valence-corrected chi connectivity index (χ3v) is 1.93. The minimum Gasteiger partial charge on any atom is -0.293 e. The van der Waals surface area contributed by atoms with Gasteiger partial charge in [-0.25, -0.2) is 0 Å². The molecule has 0 heterocycles. The van der Waals surface area contributed by atoms with E-state index < -0.39 is 16.6 Å². The van der Waals surface area contributed by atoms with E-state index in [4.69, 9.17) is 5.26 Å². The molecular weight excluding hydrogens is 196 g/mol. The van der Waals surface area contributed by atoms with E-state index in [1.165, 1.54) is 31.2 Å². The van der Waals surface area contributed by atoms with Crippen LogP contribution < -0.4 is 0 Å². The molecule has 1 atom stereocenters. The molecule has 5 heteroatoms. The topological polar surface area (TPSA) is 84.0 Å². The van der Waals surface area contributed by atoms with Gasteiger partial charge in [-0.2, -0.15) is 5.26 Å². The van der Waals surface area contributed by atoms with Crippen molar-refractivity contribution in [2.75, 3.05) is 0 Å². The van der Waals surface area contributed by atoms with E-state index in [9.17, 15) is 14.9 Å². The van der Waals surface area contributed by atoms with Crippen molar-refractivity contribution in [3.63, 3.8) is 0 Å². The number of nitro groups is 1. The van der Waals surface area contributed by atoms with E-state index in [1.807, 2.05) is 0 Å². The Bertz CT molecular complexity index is 448. The van der Waals surface area contributed by atoms with Gasteiger partial charge in [0.2, 0.25) is 0 Å². The summed E-state index contributed by atoms with van der Waals surface area (Å²) in [4.78, 5) is 21.4. The Hall–Kier alpha value is -2.22. The fraction of sp³-hybridized carbons (Fsp3) is 0.200. The molecule has 0 radical (unpaired) electrons. The van der Waals surface area contributed by atoms with Gasteiger partial charge in [-0.15, -0.1) is 0 Å². The molecule has 0 aliphatic rings. The summed E-state index contributed by atoms with van der Waals surface area (Å²) in [6, 6.07) is 7.16. The number of hydrogen-bond acceptors (Lipinski definition) is 4. The van der Waals surface area contributed by atoms with Crippen molar-refractivity contribution in [3.05, 3.63) is 39.9 Å². The average molecular weight is 204 g/mol. The molecule has 1 rings (SSSR count). The van der Waals surface area contributed by atoms with Gasteiger partial charge in [0, 0.05) is 17.7 Å². The Balaban J connectivity index is 3.07. The van der Waals surface area contributed by atoms with Crippen LogP contribution in [0.5, 0.6) is 0 Å². The number of ketones is 1. The number of rotatable bonds is 3. The second-order valence-corrected chi connectivity index (χ2v) is 3.02. The second-order valence-electron chi connectivity index (χ2n) is 3.02. The number of Topliss-reactive ketones (excluding diaryl/α,β-unsaturated/α-hetero) is 1. The van der Waals surface area contributed by atoms with Gasteiger partial charge < -0.3 is 0 Å². The number of carbonyl (C=O) groups excluding carboxylic acids is 1. The van der Waals surface area contributed by atoms with Crippen LogP contribution in [0.4, 0.5) is 5.69 Å². The monoisotopic (exact) mass is 204 g/mol. The predicted molar refractivity (Wildman–Crippen MR) is 52.2 cm³/mol. The smallest absolute Gasteiger partial charge is 0.270 e. The molecule has 0 N–H and O–H groups in total. The van der Waals surface area contributed by atoms with Gasteiger partial charge in [-0.05, 0) is 6.92 Å². The van der Waals surface area contributed by atoms with Crippen LogP contribution in [-0.2, 0) is 0 Å². The van der Waals surface area contributed by atoms with E-state index in [-0.39, 0.29) is 11.3 Å². The molecule has 0 spiro atoms. The zero-order chi connectivity index (χ0) is 11.4. The van der Waals surface area contributed by atoms with Crippen molar-refractivity contribution in [1.82, 2.24) is 0 Å². The lowest BCUT2D eigenvalue weighted by molar-refractivity contribution is -0.384. The van der Waals surface area contributed by atoms with Crippen LogP contribution in [0.1, 0.15) is 17.3 Å². The van der Waals surface area contributed by atoms with Crippen LogP contribution >= 0.6 is 0 Å². The van der Waals surface area contributed by atoms with Crippen molar-refractivity contribution < 1.29 is 9.72 Å². The molecule has 0 amide bonds. The largest absolute Gasteiger partial charge is 0.293 e. The minimum atomic E-state index is -0.785. The first-order valence-electron chi connectivity index (χ1n) is 4.24. The molecule has 0 bridgehead atoms. The highest BCUT2D eigenvalue weighted by Gasteiger charge is 2.16. The van der Waals surface area contributed by atoms with Crippen molar-refractivity contribution in [1.29, 1.82) is 5.26 Å². The number of nitrogens with zero attached hydrogens (tertiary/aromatic N) is 2. The number of nitriles is 1. The van der Waals surface area contributed by atoms with E-state index in [0.717, 1.165) is 0 Å². The summed E-state index contributed by atoms with van der Waals surface area (Å²) in [6.45, 7) is 1.46. The molecule has 0 saturated carbocycles. The van der Waals surface area contributed by atoms with E-state index in [1.54, 1.807) is 6.07 Å². The zero-order valence-electron chi connectivity index (χ0n) is 8.01. The van der Waals surface area contributed by atoms with Gasteiger partial charge in [0.25, 0.3) is 5.69 Å². The first-order valence-corrected chi connectivity index (χ1v) is 4.24. The first kappa shape index (κ1) is 10.9. The fourth-order valence-corrected chi connectivity index (χ4v) is 1.08. The van der Waals surface area contributed by atoms with Crippen LogP contribution in [0, 0.1) is 27.4 Å². The molecule has 0 aliphatic carbocycles. The van der Waals surface area contributed by atoms with Crippen LogP contribution in [0.3, 0.4) is 0 Å². The van der Waals surface area contributed by atoms with Crippen molar-refractivity contribution in [2.45, 2.75) is 6.92 Å². The number of hydrogen-bond donors (Lipinski definition) is 0. The number of non-ortho nitro benzene ring substituents is 1. The summed E-state index contributed by atoms with van der Waals surface area (Å²) in [5.74, 6) is -1.19. The third kappa shape index (κ3) is 2.38. The Kier molecular flexibility index (Phi) is 3.13. The van der Waals surface area contributed by atoms with Crippen LogP contribution in [-0.4, -0.2) is 10.7 Å². The van der Waals surface area contributed by atoms with Crippen LogP contribution in [0.25, 0.3) is 0 Å². The quantitative estimate of drug-likeness (QED) is 0.427. The fourth-order valence-electron chi connectivity index (χ4n) is 1.08. The Labute approximate surface area is 86.1 Å². The predicted octanol–water partition coefficient (Wildman–Crippen LogP) is 1.94. The highest BCUT2D eigenvalue weighted by atomic mass is 16.6. The highest BCUT2D eigenvalue weighted by molar-refractivity contribution is 5.99. The molecule has 0 aliphatic heterocycles. The summed E-state index contributed by atoms with van der Waals surface area (Å²) in [7, 11) is 0. The van der Waals surface area contributed by atoms with Gasteiger partial charge >= 0.3 is 0 Å². The van der Waals surface area contributed by atoms with E-state index >= 15 is 0 Å². The van der Waals surface area contributed by atoms with Crippen molar-refractivity contribution in [2.24, 2.45) is 5.92 Å². The van der Waals surface area contributed by atoms with Gasteiger partial charge in [0.1, 0.15) is 5.92 Å². The molecule has 0 aromatic heterocycles. The maximum atomic E-state index is 11.5. The van der Waals surface area contributed by atoms with Crippen molar-refractivity contribution in [3.8, 4) is 6.07 Å². The van der Waals surface area contributed by atoms with Gasteiger partial charge in [0.15, 0.2) is 5.78 Å². The maximum absolute atomic E-state index is 11.5. The molecule has 0 fully saturated rings. The summed E-state index contributed by atoms with van der Waals surface area (Å²) >= 11 is 0. The lowest BCUT2D eigenvalue weighted by atomic mass is 10.0. The summed E-state index contributed by atoms with van der Waals surface area (Å²) in [5.41, 5.74) is 0.0456. The molecule has 5 nitrogen and oxygen atoms in total. The molecule has 1 unspecified atom stereocenters. The molecule has 1 aromatic rings. The standard InChI is InChI=1S/C10H8N2O3/c1-7(6-11)10(13)8-3-2-4-9(5-8)12(14)15/h2-5,7H,1H3. The summed E-state index contributed by atoms with van der Waals surface area (Å²) in [5, 5.41) is 19.0. The number of carbonyl (C=O) groups is 1. The van der Waals surface area contributed by atoms with Gasteiger partial charge in [-0.3, -0.25) is 14.9 Å². The summed E-state index contributed by atoms with van der Waals surface area (Å²) in [6.07, 6.45) is 0. The Morgan fingerprint density at radius 1 is 1.60 bits per heavy atom. The molecular formula is C10H8N2O3. The normalized spacial score (nSPS) is 11.5. The van der Waals surface area contributed by atoms with E-state index in [0.29, 0.717) is 0 Å². The lowest BCUT2D eigenvalue weighted by Gasteiger charge is -2.01. The average Bonchev–Trinajstić information content (AvgIpc) is 2.27. The highest BCUT2D eigenvalue weighted by Crippen LogP contribution is 2.15. The zero-order valence-corrected chi connectivity index (χ0v) is 8.01. The van der Waals surface area contributed by atoms with Crippen molar-refractivity contribution >= 4 is 11.5 Å². The number of benzene rings is 1. The third-order valence-electron chi connectivity index (χ3n) is 1.93. The molecule has 1 aromatic carbocycles. The van der Waals surface area contributed by atoms with Gasteiger partial charge in [0.05, 0.1) is 11.0 Å². The second kappa shape index (κ2) is 4.33. The van der Waals surface area contributed by atoms with E-state index in [2.05, 4.69) is 0 Å². The molecule has 15 heavy (non-hydrogen) atoms.